The number of guanidine groups is 1. The maximum atomic E-state index is 11.6. The van der Waals surface area contributed by atoms with E-state index >= 15 is 0 Å². The monoisotopic (exact) mass is 186 g/mol. The summed E-state index contributed by atoms with van der Waals surface area (Å²) in [4.78, 5) is 3.10. The first kappa shape index (κ1) is 11.0. The van der Waals surface area contributed by atoms with Crippen molar-refractivity contribution in [1.82, 2.24) is 5.43 Å². The molecule has 1 atom stereocenters. The van der Waals surface area contributed by atoms with Gasteiger partial charge < -0.3 is 10.8 Å². The summed E-state index contributed by atoms with van der Waals surface area (Å²) in [6.07, 6.45) is -7.19. The second-order valence-corrected chi connectivity index (χ2v) is 1.93. The van der Waals surface area contributed by atoms with E-state index in [1.807, 2.05) is 5.43 Å². The fraction of sp³-hybridized carbons (Fsp3) is 0.750. The molecule has 0 saturated heterocycles. The molecule has 0 rings (SSSR count). The van der Waals surface area contributed by atoms with Gasteiger partial charge in [-0.2, -0.15) is 13.2 Å². The standard InChI is InChI=1S/C4H9F3N4O/c5-4(6,7)2(12)1-10-3(8)11-9/h2,12H,1,9H2,(H3,8,10,11). The lowest BCUT2D eigenvalue weighted by atomic mass is 10.3. The minimum absolute atomic E-state index is 0.363. The number of nitrogens with zero attached hydrogens (tertiary/aromatic N) is 1. The maximum absolute atomic E-state index is 11.6. The third-order valence-electron chi connectivity index (χ3n) is 0.960. The van der Waals surface area contributed by atoms with Crippen LogP contribution in [-0.2, 0) is 0 Å². The van der Waals surface area contributed by atoms with Gasteiger partial charge in [-0.15, -0.1) is 0 Å². The molecule has 0 aliphatic rings. The lowest BCUT2D eigenvalue weighted by Crippen LogP contribution is -2.39. The molecule has 12 heavy (non-hydrogen) atoms. The van der Waals surface area contributed by atoms with Crippen LogP contribution in [0.3, 0.4) is 0 Å². The van der Waals surface area contributed by atoms with E-state index in [1.165, 1.54) is 0 Å². The van der Waals surface area contributed by atoms with Gasteiger partial charge in [-0.25, -0.2) is 10.8 Å². The van der Waals surface area contributed by atoms with Crippen LogP contribution in [0.15, 0.2) is 4.99 Å². The predicted octanol–water partition coefficient (Wildman–Crippen LogP) is -1.31. The molecule has 0 aliphatic carbocycles. The Bertz CT molecular complexity index is 168. The molecule has 72 valence electrons. The van der Waals surface area contributed by atoms with Gasteiger partial charge in [0, 0.05) is 0 Å². The highest BCUT2D eigenvalue weighted by molar-refractivity contribution is 5.77. The Morgan fingerprint density at radius 1 is 1.58 bits per heavy atom. The molecular formula is C4H9F3N4O. The molecule has 5 nitrogen and oxygen atoms in total. The van der Waals surface area contributed by atoms with E-state index in [9.17, 15) is 13.2 Å². The number of nitrogens with two attached hydrogens (primary N) is 2. The second-order valence-electron chi connectivity index (χ2n) is 1.93. The van der Waals surface area contributed by atoms with Crippen LogP contribution in [-0.4, -0.2) is 29.9 Å². The van der Waals surface area contributed by atoms with Gasteiger partial charge in [-0.1, -0.05) is 0 Å². The maximum Gasteiger partial charge on any atom is 0.416 e. The van der Waals surface area contributed by atoms with Gasteiger partial charge in [-0.3, -0.25) is 5.43 Å². The van der Waals surface area contributed by atoms with E-state index in [0.29, 0.717) is 0 Å². The van der Waals surface area contributed by atoms with Crippen molar-refractivity contribution in [2.24, 2.45) is 16.6 Å². The van der Waals surface area contributed by atoms with Gasteiger partial charge in [0.15, 0.2) is 6.10 Å². The van der Waals surface area contributed by atoms with E-state index in [-0.39, 0.29) is 5.96 Å². The number of alkyl halides is 3. The average Bonchev–Trinajstić information content (AvgIpc) is 1.97. The Hall–Kier alpha value is -1.02. The van der Waals surface area contributed by atoms with Crippen molar-refractivity contribution in [3.8, 4) is 0 Å². The molecule has 0 amide bonds. The summed E-state index contributed by atoms with van der Waals surface area (Å²) in [5, 5.41) is 8.37. The minimum atomic E-state index is -4.68. The number of aliphatic imine (C=N–C) groups is 1. The quantitative estimate of drug-likeness (QED) is 0.186. The number of hydrogen-bond donors (Lipinski definition) is 4. The van der Waals surface area contributed by atoms with Gasteiger partial charge in [0.1, 0.15) is 0 Å². The summed E-state index contributed by atoms with van der Waals surface area (Å²) < 4.78 is 34.8. The van der Waals surface area contributed by atoms with E-state index in [1.54, 1.807) is 0 Å². The molecule has 0 heterocycles. The Labute approximate surface area is 66.2 Å². The van der Waals surface area contributed by atoms with E-state index in [4.69, 9.17) is 16.7 Å². The van der Waals surface area contributed by atoms with Crippen molar-refractivity contribution >= 4 is 5.96 Å². The molecule has 0 radical (unpaired) electrons. The number of rotatable bonds is 2. The smallest absolute Gasteiger partial charge is 0.382 e. The van der Waals surface area contributed by atoms with Crippen LogP contribution in [0, 0.1) is 0 Å². The highest BCUT2D eigenvalue weighted by Crippen LogP contribution is 2.19. The third kappa shape index (κ3) is 3.98. The number of nitrogens with one attached hydrogen (secondary N) is 1. The average molecular weight is 186 g/mol. The molecule has 0 aromatic rings. The van der Waals surface area contributed by atoms with Crippen molar-refractivity contribution in [2.75, 3.05) is 6.54 Å². The van der Waals surface area contributed by atoms with Crippen LogP contribution in [0.1, 0.15) is 0 Å². The van der Waals surface area contributed by atoms with Gasteiger partial charge >= 0.3 is 6.18 Å². The van der Waals surface area contributed by atoms with Crippen molar-refractivity contribution in [3.63, 3.8) is 0 Å². The molecule has 1 unspecified atom stereocenters. The number of hydrazine groups is 1. The van der Waals surface area contributed by atoms with Crippen LogP contribution in [0.2, 0.25) is 0 Å². The lowest BCUT2D eigenvalue weighted by molar-refractivity contribution is -0.199. The first-order valence-electron chi connectivity index (χ1n) is 2.89. The van der Waals surface area contributed by atoms with Crippen molar-refractivity contribution in [1.29, 1.82) is 0 Å². The van der Waals surface area contributed by atoms with E-state index < -0.39 is 18.8 Å². The fourth-order valence-corrected chi connectivity index (χ4v) is 0.334. The fourth-order valence-electron chi connectivity index (χ4n) is 0.334. The summed E-state index contributed by atoms with van der Waals surface area (Å²) in [6.45, 7) is -0.862. The van der Waals surface area contributed by atoms with Gasteiger partial charge in [0.25, 0.3) is 0 Å². The van der Waals surface area contributed by atoms with Crippen molar-refractivity contribution in [2.45, 2.75) is 12.3 Å². The largest absolute Gasteiger partial charge is 0.416 e. The number of halogens is 3. The third-order valence-corrected chi connectivity index (χ3v) is 0.960. The number of hydrogen-bond acceptors (Lipinski definition) is 3. The predicted molar refractivity (Wildman–Crippen MR) is 35.9 cm³/mol. The molecule has 0 saturated carbocycles. The Kier molecular flexibility index (Phi) is 3.77. The molecule has 0 aromatic carbocycles. The van der Waals surface area contributed by atoms with Crippen molar-refractivity contribution < 1.29 is 18.3 Å². The first-order chi connectivity index (χ1) is 5.38. The highest BCUT2D eigenvalue weighted by atomic mass is 19.4. The van der Waals surface area contributed by atoms with Crippen LogP contribution < -0.4 is 17.0 Å². The van der Waals surface area contributed by atoms with Gasteiger partial charge in [-0.05, 0) is 0 Å². The summed E-state index contributed by atoms with van der Waals surface area (Å²) >= 11 is 0. The lowest BCUT2D eigenvalue weighted by Gasteiger charge is -2.11. The molecule has 6 N–H and O–H groups in total. The molecule has 0 aliphatic heterocycles. The van der Waals surface area contributed by atoms with E-state index in [2.05, 4.69) is 4.99 Å². The summed E-state index contributed by atoms with van der Waals surface area (Å²) in [7, 11) is 0. The molecule has 0 spiro atoms. The van der Waals surface area contributed by atoms with Crippen molar-refractivity contribution in [3.05, 3.63) is 0 Å². The summed E-state index contributed by atoms with van der Waals surface area (Å²) in [5.74, 6) is 4.34. The zero-order valence-corrected chi connectivity index (χ0v) is 5.97. The number of aliphatic hydroxyl groups is 1. The van der Waals surface area contributed by atoms with Crippen LogP contribution in [0.25, 0.3) is 0 Å². The summed E-state index contributed by atoms with van der Waals surface area (Å²) in [5.41, 5.74) is 6.72. The molecular weight excluding hydrogens is 177 g/mol. The van der Waals surface area contributed by atoms with Crippen LogP contribution in [0.4, 0.5) is 13.2 Å². The van der Waals surface area contributed by atoms with Crippen LogP contribution >= 0.6 is 0 Å². The zero-order valence-electron chi connectivity index (χ0n) is 5.97. The van der Waals surface area contributed by atoms with Gasteiger partial charge in [0.05, 0.1) is 6.54 Å². The highest BCUT2D eigenvalue weighted by Gasteiger charge is 2.37. The van der Waals surface area contributed by atoms with Gasteiger partial charge in [0.2, 0.25) is 5.96 Å². The Morgan fingerprint density at radius 3 is 2.42 bits per heavy atom. The Morgan fingerprint density at radius 2 is 2.08 bits per heavy atom. The second kappa shape index (κ2) is 4.12. The molecule has 8 heteroatoms. The molecule has 0 aromatic heterocycles. The minimum Gasteiger partial charge on any atom is -0.382 e. The Balaban J connectivity index is 3.94. The normalized spacial score (nSPS) is 15.9. The number of aliphatic hydroxyl groups excluding tert-OH is 1. The first-order valence-corrected chi connectivity index (χ1v) is 2.89. The molecule has 0 bridgehead atoms. The SMILES string of the molecule is NNC(N)=NCC(O)C(F)(F)F. The molecule has 0 fully saturated rings. The van der Waals surface area contributed by atoms with Crippen LogP contribution in [0.5, 0.6) is 0 Å². The summed E-state index contributed by atoms with van der Waals surface area (Å²) in [6, 6.07) is 0. The zero-order chi connectivity index (χ0) is 9.78. The van der Waals surface area contributed by atoms with E-state index in [0.717, 1.165) is 0 Å². The topological polar surface area (TPSA) is 96.7 Å².